The Morgan fingerprint density at radius 1 is 0.645 bits per heavy atom. The number of rotatable bonds is 8. The summed E-state index contributed by atoms with van der Waals surface area (Å²) in [6.07, 6.45) is 2.77. The molecule has 62 heavy (non-hydrogen) atoms. The molecule has 1 saturated heterocycles. The zero-order valence-corrected chi connectivity index (χ0v) is 34.4. The second kappa shape index (κ2) is 17.2. The molecule has 10 heteroatoms. The molecule has 0 radical (unpaired) electrons. The van der Waals surface area contributed by atoms with Gasteiger partial charge in [-0.25, -0.2) is 4.79 Å². The van der Waals surface area contributed by atoms with Crippen LogP contribution in [0.1, 0.15) is 43.0 Å². The zero-order chi connectivity index (χ0) is 42.0. The smallest absolute Gasteiger partial charge is 0.410 e. The number of fused-ring (bicyclic) bond motifs is 3. The Morgan fingerprint density at radius 2 is 1.29 bits per heavy atom. The van der Waals surface area contributed by atoms with Gasteiger partial charge in [0.25, 0.3) is 11.8 Å². The lowest BCUT2D eigenvalue weighted by molar-refractivity contribution is 0.0193. The second-order valence-electron chi connectivity index (χ2n) is 16.2. The van der Waals surface area contributed by atoms with Crippen molar-refractivity contribution in [3.63, 3.8) is 0 Å². The van der Waals surface area contributed by atoms with Crippen LogP contribution in [0.5, 0.6) is 5.75 Å². The number of aromatic nitrogens is 1. The van der Waals surface area contributed by atoms with Crippen LogP contribution in [0.25, 0.3) is 16.6 Å². The van der Waals surface area contributed by atoms with E-state index in [1.165, 1.54) is 5.56 Å². The third-order valence-corrected chi connectivity index (χ3v) is 12.4. The molecule has 10 rings (SSSR count). The quantitative estimate of drug-likeness (QED) is 0.152. The lowest BCUT2D eigenvalue weighted by Gasteiger charge is -2.41. The van der Waals surface area contributed by atoms with Crippen molar-refractivity contribution in [2.24, 2.45) is 0 Å². The molecular formula is C52H47N5O5. The fourth-order valence-electron chi connectivity index (χ4n) is 9.21. The highest BCUT2D eigenvalue weighted by Gasteiger charge is 2.35. The number of nitrogens with zero attached hydrogens (tertiary/aromatic N) is 5. The topological polar surface area (TPSA) is 87.6 Å². The Morgan fingerprint density at radius 3 is 2.02 bits per heavy atom. The van der Waals surface area contributed by atoms with Crippen molar-refractivity contribution in [2.75, 3.05) is 44.3 Å². The Hall–Kier alpha value is -7.01. The summed E-state index contributed by atoms with van der Waals surface area (Å²) in [5, 5.41) is 0.775. The summed E-state index contributed by atoms with van der Waals surface area (Å²) in [5.74, 6) is 0.198. The molecule has 310 valence electrons. The summed E-state index contributed by atoms with van der Waals surface area (Å²) in [5.41, 5.74) is 8.34. The van der Waals surface area contributed by atoms with Crippen molar-refractivity contribution in [3.8, 4) is 11.4 Å². The van der Waals surface area contributed by atoms with Crippen LogP contribution in [-0.2, 0) is 30.7 Å². The molecule has 0 N–H and O–H groups in total. The highest BCUT2D eigenvalue weighted by molar-refractivity contribution is 6.17. The number of carbonyl (C=O) groups excluding carboxylic acids is 3. The standard InChI is InChI=1S/C52H47N5O5/c58-50(55-34-39-15-11-10-14-37(39)30-43(55)35-53-26-28-61-29-27-53)46-31-40-33-54(52(60)62-44-20-8-3-9-21-44)25-24-38(40)32-49(46)56-36-47(45-22-12-13-23-48(45)56)51(59)57(41-16-4-1-5-17-41)42-18-6-2-7-19-42/h1-23,31-32,36,43H,24-30,33-35H2/t43-/m0/s1. The number of para-hydroxylation sites is 4. The zero-order valence-electron chi connectivity index (χ0n) is 34.4. The Labute approximate surface area is 361 Å². The van der Waals surface area contributed by atoms with Crippen LogP contribution in [0.4, 0.5) is 16.2 Å². The molecule has 1 fully saturated rings. The van der Waals surface area contributed by atoms with Gasteiger partial charge in [-0.15, -0.1) is 0 Å². The van der Waals surface area contributed by atoms with E-state index in [4.69, 9.17) is 9.47 Å². The third-order valence-electron chi connectivity index (χ3n) is 12.4. The number of morpholine rings is 1. The van der Waals surface area contributed by atoms with Crippen LogP contribution in [0.3, 0.4) is 0 Å². The predicted molar refractivity (Wildman–Crippen MR) is 240 cm³/mol. The third kappa shape index (κ3) is 7.74. The van der Waals surface area contributed by atoms with Gasteiger partial charge in [0, 0.05) is 68.3 Å². The first kappa shape index (κ1) is 39.1. The van der Waals surface area contributed by atoms with Gasteiger partial charge >= 0.3 is 6.09 Å². The van der Waals surface area contributed by atoms with Crippen molar-refractivity contribution in [1.29, 1.82) is 0 Å². The van der Waals surface area contributed by atoms with E-state index in [2.05, 4.69) is 29.2 Å². The van der Waals surface area contributed by atoms with E-state index in [-0.39, 0.29) is 17.9 Å². The molecule has 1 atom stereocenters. The fourth-order valence-corrected chi connectivity index (χ4v) is 9.21. The van der Waals surface area contributed by atoms with E-state index >= 15 is 9.59 Å². The molecule has 1 aromatic heterocycles. The van der Waals surface area contributed by atoms with Gasteiger partial charge in [0.05, 0.1) is 35.5 Å². The molecule has 0 saturated carbocycles. The molecule has 6 aromatic carbocycles. The molecule has 3 amide bonds. The number of hydrogen-bond donors (Lipinski definition) is 0. The lowest BCUT2D eigenvalue weighted by Crippen LogP contribution is -2.52. The SMILES string of the molecule is O=C(Oc1ccccc1)N1CCc2cc(-n3cc(C(=O)N(c4ccccc4)c4ccccc4)c4ccccc43)c(C(=O)N3Cc4ccccc4C[C@H]3CN3CCOCC3)cc2C1. The molecule has 0 spiro atoms. The molecule has 10 nitrogen and oxygen atoms in total. The van der Waals surface area contributed by atoms with Crippen molar-refractivity contribution in [1.82, 2.24) is 19.3 Å². The molecule has 4 heterocycles. The highest BCUT2D eigenvalue weighted by Crippen LogP contribution is 2.36. The van der Waals surface area contributed by atoms with Gasteiger partial charge in [0.1, 0.15) is 5.75 Å². The van der Waals surface area contributed by atoms with Gasteiger partial charge in [0.15, 0.2) is 0 Å². The molecule has 0 aliphatic carbocycles. The number of benzene rings is 6. The first-order valence-electron chi connectivity index (χ1n) is 21.4. The maximum absolute atomic E-state index is 15.6. The molecular weight excluding hydrogens is 775 g/mol. The van der Waals surface area contributed by atoms with Gasteiger partial charge in [-0.1, -0.05) is 97.1 Å². The van der Waals surface area contributed by atoms with Crippen LogP contribution < -0.4 is 9.64 Å². The van der Waals surface area contributed by atoms with Gasteiger partial charge in [-0.2, -0.15) is 0 Å². The van der Waals surface area contributed by atoms with E-state index in [0.717, 1.165) is 65.0 Å². The van der Waals surface area contributed by atoms with Crippen LogP contribution in [-0.4, -0.2) is 82.6 Å². The van der Waals surface area contributed by atoms with Gasteiger partial charge in [-0.3, -0.25) is 19.4 Å². The highest BCUT2D eigenvalue weighted by atomic mass is 16.6. The van der Waals surface area contributed by atoms with Gasteiger partial charge < -0.3 is 23.8 Å². The van der Waals surface area contributed by atoms with Crippen molar-refractivity contribution in [3.05, 3.63) is 191 Å². The van der Waals surface area contributed by atoms with E-state index in [9.17, 15) is 4.79 Å². The van der Waals surface area contributed by atoms with E-state index in [1.54, 1.807) is 21.9 Å². The van der Waals surface area contributed by atoms with Crippen molar-refractivity contribution in [2.45, 2.75) is 32.0 Å². The largest absolute Gasteiger partial charge is 0.415 e. The minimum atomic E-state index is -0.432. The Bertz CT molecular complexity index is 2710. The number of ether oxygens (including phenoxy) is 2. The first-order valence-corrected chi connectivity index (χ1v) is 21.4. The molecule has 0 unspecified atom stereocenters. The summed E-state index contributed by atoms with van der Waals surface area (Å²) in [7, 11) is 0. The Kier molecular flexibility index (Phi) is 10.8. The number of hydrogen-bond acceptors (Lipinski definition) is 6. The maximum atomic E-state index is 15.6. The molecule has 3 aliphatic heterocycles. The minimum Gasteiger partial charge on any atom is -0.410 e. The summed E-state index contributed by atoms with van der Waals surface area (Å²) in [4.78, 5) is 52.1. The maximum Gasteiger partial charge on any atom is 0.415 e. The van der Waals surface area contributed by atoms with Crippen LogP contribution in [0, 0.1) is 0 Å². The van der Waals surface area contributed by atoms with E-state index < -0.39 is 6.09 Å². The summed E-state index contributed by atoms with van der Waals surface area (Å²) < 4.78 is 13.5. The summed E-state index contributed by atoms with van der Waals surface area (Å²) >= 11 is 0. The van der Waals surface area contributed by atoms with Crippen LogP contribution in [0.15, 0.2) is 158 Å². The number of amides is 3. The summed E-state index contributed by atoms with van der Waals surface area (Å²) in [6, 6.07) is 48.8. The lowest BCUT2D eigenvalue weighted by atomic mass is 9.91. The monoisotopic (exact) mass is 821 g/mol. The minimum absolute atomic E-state index is 0.0828. The molecule has 7 aromatic rings. The van der Waals surface area contributed by atoms with Gasteiger partial charge in [-0.05, 0) is 89.7 Å². The van der Waals surface area contributed by atoms with Crippen molar-refractivity contribution < 1.29 is 23.9 Å². The molecule has 3 aliphatic rings. The average Bonchev–Trinajstić information content (AvgIpc) is 3.71. The predicted octanol–water partition coefficient (Wildman–Crippen LogP) is 9.07. The number of carbonyl (C=O) groups is 3. The second-order valence-corrected chi connectivity index (χ2v) is 16.2. The van der Waals surface area contributed by atoms with Gasteiger partial charge in [0.2, 0.25) is 0 Å². The normalized spacial score (nSPS) is 16.4. The Balaban J connectivity index is 1.09. The summed E-state index contributed by atoms with van der Waals surface area (Å²) in [6.45, 7) is 4.91. The van der Waals surface area contributed by atoms with Crippen LogP contribution >= 0.6 is 0 Å². The average molecular weight is 822 g/mol. The number of anilines is 2. The van der Waals surface area contributed by atoms with E-state index in [1.807, 2.05) is 131 Å². The molecule has 0 bridgehead atoms. The van der Waals surface area contributed by atoms with E-state index in [0.29, 0.717) is 61.8 Å². The fraction of sp³-hybridized carbons (Fsp3) is 0.212. The van der Waals surface area contributed by atoms with Crippen LogP contribution in [0.2, 0.25) is 0 Å². The first-order chi connectivity index (χ1) is 30.5. The van der Waals surface area contributed by atoms with Crippen molar-refractivity contribution >= 4 is 40.2 Å².